The maximum atomic E-state index is 5.42. The molecular weight excluding hydrogens is 252 g/mol. The highest BCUT2D eigenvalue weighted by Gasteiger charge is 2.17. The Morgan fingerprint density at radius 1 is 1.15 bits per heavy atom. The molecule has 4 nitrogen and oxygen atoms in total. The van der Waals surface area contributed by atoms with Gasteiger partial charge < -0.3 is 14.4 Å². The Kier molecular flexibility index (Phi) is 5.68. The van der Waals surface area contributed by atoms with Crippen molar-refractivity contribution in [2.75, 3.05) is 57.9 Å². The summed E-state index contributed by atoms with van der Waals surface area (Å²) >= 11 is 0. The van der Waals surface area contributed by atoms with Gasteiger partial charge in [0.1, 0.15) is 5.75 Å². The molecule has 112 valence electrons. The van der Waals surface area contributed by atoms with Crippen molar-refractivity contribution in [3.63, 3.8) is 0 Å². The summed E-state index contributed by atoms with van der Waals surface area (Å²) in [4.78, 5) is 4.90. The fourth-order valence-electron chi connectivity index (χ4n) is 2.57. The van der Waals surface area contributed by atoms with Crippen LogP contribution in [-0.4, -0.2) is 57.9 Å². The van der Waals surface area contributed by atoms with Gasteiger partial charge in [-0.15, -0.1) is 0 Å². The van der Waals surface area contributed by atoms with Crippen molar-refractivity contribution in [2.24, 2.45) is 0 Å². The maximum absolute atomic E-state index is 5.42. The Balaban J connectivity index is 1.87. The van der Waals surface area contributed by atoms with Gasteiger partial charge in [0.05, 0.1) is 13.7 Å². The fraction of sp³-hybridized carbons (Fsp3) is 0.625. The van der Waals surface area contributed by atoms with Gasteiger partial charge in [-0.25, -0.2) is 0 Å². The van der Waals surface area contributed by atoms with Crippen molar-refractivity contribution in [1.29, 1.82) is 0 Å². The fourth-order valence-corrected chi connectivity index (χ4v) is 2.57. The molecule has 0 atom stereocenters. The van der Waals surface area contributed by atoms with Crippen molar-refractivity contribution in [3.8, 4) is 5.75 Å². The quantitative estimate of drug-likeness (QED) is 0.745. The molecule has 0 unspecified atom stereocenters. The lowest BCUT2D eigenvalue weighted by molar-refractivity contribution is 0.111. The van der Waals surface area contributed by atoms with Crippen molar-refractivity contribution in [2.45, 2.75) is 13.8 Å². The Bertz CT molecular complexity index is 415. The molecule has 0 radical (unpaired) electrons. The molecule has 1 aromatic rings. The van der Waals surface area contributed by atoms with Crippen LogP contribution in [-0.2, 0) is 4.74 Å². The highest BCUT2D eigenvalue weighted by Crippen LogP contribution is 2.25. The Morgan fingerprint density at radius 3 is 2.55 bits per heavy atom. The maximum Gasteiger partial charge on any atom is 0.123 e. The molecule has 0 N–H and O–H groups in total. The Morgan fingerprint density at radius 2 is 1.90 bits per heavy atom. The first kappa shape index (κ1) is 15.1. The van der Waals surface area contributed by atoms with E-state index in [2.05, 4.69) is 34.9 Å². The van der Waals surface area contributed by atoms with E-state index >= 15 is 0 Å². The number of piperazine rings is 1. The van der Waals surface area contributed by atoms with E-state index < -0.39 is 0 Å². The van der Waals surface area contributed by atoms with Gasteiger partial charge in [0.15, 0.2) is 0 Å². The molecule has 4 heteroatoms. The van der Waals surface area contributed by atoms with Crippen LogP contribution in [0.2, 0.25) is 0 Å². The van der Waals surface area contributed by atoms with E-state index in [1.165, 1.54) is 11.3 Å². The van der Waals surface area contributed by atoms with Crippen LogP contribution in [0.3, 0.4) is 0 Å². The molecule has 0 aliphatic carbocycles. The van der Waals surface area contributed by atoms with Gasteiger partial charge in [-0.05, 0) is 25.5 Å². The molecule has 0 aromatic heterocycles. The number of nitrogens with zero attached hydrogens (tertiary/aromatic N) is 2. The van der Waals surface area contributed by atoms with Gasteiger partial charge in [0.25, 0.3) is 0 Å². The summed E-state index contributed by atoms with van der Waals surface area (Å²) in [5.74, 6) is 0.973. The molecule has 2 rings (SSSR count). The zero-order chi connectivity index (χ0) is 14.4. The zero-order valence-corrected chi connectivity index (χ0v) is 12.9. The first-order valence-electron chi connectivity index (χ1n) is 7.44. The predicted octanol–water partition coefficient (Wildman–Crippen LogP) is 2.16. The standard InChI is InChI=1S/C16H26N2O2/c1-4-20-12-11-17-7-9-18(10-8-17)15-6-5-14(2)16(13-15)19-3/h5-6,13H,4,7-12H2,1-3H3. The van der Waals surface area contributed by atoms with Crippen molar-refractivity contribution in [3.05, 3.63) is 23.8 Å². The van der Waals surface area contributed by atoms with Gasteiger partial charge in [-0.1, -0.05) is 6.07 Å². The normalized spacial score (nSPS) is 16.4. The third kappa shape index (κ3) is 3.87. The third-order valence-corrected chi connectivity index (χ3v) is 3.89. The van der Waals surface area contributed by atoms with Crippen LogP contribution in [0.5, 0.6) is 5.75 Å². The lowest BCUT2D eigenvalue weighted by atomic mass is 10.1. The zero-order valence-electron chi connectivity index (χ0n) is 12.9. The minimum Gasteiger partial charge on any atom is -0.496 e. The molecule has 20 heavy (non-hydrogen) atoms. The number of ether oxygens (including phenoxy) is 2. The lowest BCUT2D eigenvalue weighted by Gasteiger charge is -2.36. The molecule has 1 aliphatic heterocycles. The van der Waals surface area contributed by atoms with Gasteiger partial charge in [0, 0.05) is 51.1 Å². The van der Waals surface area contributed by atoms with Crippen LogP contribution < -0.4 is 9.64 Å². The van der Waals surface area contributed by atoms with E-state index in [1.54, 1.807) is 7.11 Å². The van der Waals surface area contributed by atoms with E-state index in [0.717, 1.165) is 51.7 Å². The average molecular weight is 278 g/mol. The van der Waals surface area contributed by atoms with Crippen molar-refractivity contribution in [1.82, 2.24) is 4.90 Å². The summed E-state index contributed by atoms with van der Waals surface area (Å²) in [5, 5.41) is 0. The number of aryl methyl sites for hydroxylation is 1. The summed E-state index contributed by atoms with van der Waals surface area (Å²) in [6.07, 6.45) is 0. The van der Waals surface area contributed by atoms with Crippen LogP contribution in [0.15, 0.2) is 18.2 Å². The number of hydrogen-bond acceptors (Lipinski definition) is 4. The van der Waals surface area contributed by atoms with E-state index in [0.29, 0.717) is 0 Å². The highest BCUT2D eigenvalue weighted by molar-refractivity contribution is 5.53. The van der Waals surface area contributed by atoms with Crippen LogP contribution in [0.1, 0.15) is 12.5 Å². The van der Waals surface area contributed by atoms with Crippen molar-refractivity contribution >= 4 is 5.69 Å². The predicted molar refractivity (Wildman–Crippen MR) is 82.9 cm³/mol. The number of rotatable bonds is 6. The topological polar surface area (TPSA) is 24.9 Å². The number of benzene rings is 1. The second kappa shape index (κ2) is 7.50. The van der Waals surface area contributed by atoms with Crippen LogP contribution in [0, 0.1) is 6.92 Å². The number of hydrogen-bond donors (Lipinski definition) is 0. The Hall–Kier alpha value is -1.26. The highest BCUT2D eigenvalue weighted by atomic mass is 16.5. The van der Waals surface area contributed by atoms with Gasteiger partial charge in [0.2, 0.25) is 0 Å². The molecule has 1 heterocycles. The average Bonchev–Trinajstić information content (AvgIpc) is 2.49. The third-order valence-electron chi connectivity index (χ3n) is 3.89. The van der Waals surface area contributed by atoms with E-state index in [-0.39, 0.29) is 0 Å². The molecule has 1 saturated heterocycles. The Labute approximate surface area is 122 Å². The molecule has 0 saturated carbocycles. The van der Waals surface area contributed by atoms with E-state index in [1.807, 2.05) is 6.92 Å². The van der Waals surface area contributed by atoms with Crippen LogP contribution in [0.25, 0.3) is 0 Å². The second-order valence-corrected chi connectivity index (χ2v) is 5.18. The first-order chi connectivity index (χ1) is 9.74. The SMILES string of the molecule is CCOCCN1CCN(c2ccc(C)c(OC)c2)CC1. The molecular formula is C16H26N2O2. The molecule has 1 aromatic carbocycles. The molecule has 0 bridgehead atoms. The largest absolute Gasteiger partial charge is 0.496 e. The minimum absolute atomic E-state index is 0.809. The summed E-state index contributed by atoms with van der Waals surface area (Å²) in [7, 11) is 1.73. The van der Waals surface area contributed by atoms with Crippen LogP contribution in [0.4, 0.5) is 5.69 Å². The molecule has 1 aliphatic rings. The van der Waals surface area contributed by atoms with E-state index in [4.69, 9.17) is 9.47 Å². The lowest BCUT2D eigenvalue weighted by Crippen LogP contribution is -2.47. The second-order valence-electron chi connectivity index (χ2n) is 5.18. The van der Waals surface area contributed by atoms with Gasteiger partial charge in [-0.2, -0.15) is 0 Å². The summed E-state index contributed by atoms with van der Waals surface area (Å²) in [6, 6.07) is 6.47. The molecule has 1 fully saturated rings. The molecule has 0 amide bonds. The number of anilines is 1. The van der Waals surface area contributed by atoms with Gasteiger partial charge >= 0.3 is 0 Å². The van der Waals surface area contributed by atoms with Gasteiger partial charge in [-0.3, -0.25) is 4.90 Å². The first-order valence-corrected chi connectivity index (χ1v) is 7.44. The smallest absolute Gasteiger partial charge is 0.123 e. The summed E-state index contributed by atoms with van der Waals surface area (Å²) < 4.78 is 10.8. The van der Waals surface area contributed by atoms with E-state index in [9.17, 15) is 0 Å². The van der Waals surface area contributed by atoms with Crippen molar-refractivity contribution < 1.29 is 9.47 Å². The monoisotopic (exact) mass is 278 g/mol. The summed E-state index contributed by atoms with van der Waals surface area (Å²) in [5.41, 5.74) is 2.45. The summed E-state index contributed by atoms with van der Waals surface area (Å²) in [6.45, 7) is 11.1. The number of methoxy groups -OCH3 is 1. The minimum atomic E-state index is 0.809. The molecule has 0 spiro atoms. The van der Waals surface area contributed by atoms with Crippen LogP contribution >= 0.6 is 0 Å².